The monoisotopic (exact) mass is 233 g/mol. The van der Waals surface area contributed by atoms with Crippen LogP contribution in [0.25, 0.3) is 5.65 Å². The van der Waals surface area contributed by atoms with E-state index in [1.54, 1.807) is 6.20 Å². The van der Waals surface area contributed by atoms with Crippen molar-refractivity contribution in [3.05, 3.63) is 18.2 Å². The molecule has 0 saturated heterocycles. The van der Waals surface area contributed by atoms with Gasteiger partial charge >= 0.3 is 0 Å². The van der Waals surface area contributed by atoms with Crippen LogP contribution in [0, 0.1) is 12.8 Å². The minimum atomic E-state index is 0.222. The molecule has 0 bridgehead atoms. The van der Waals surface area contributed by atoms with Crippen LogP contribution in [0.3, 0.4) is 0 Å². The normalized spacial score (nSPS) is 23.6. The number of nitrogens with two attached hydrogens (primary N) is 1. The fourth-order valence-electron chi connectivity index (χ4n) is 2.12. The molecule has 0 aliphatic heterocycles. The lowest BCUT2D eigenvalue weighted by Gasteiger charge is -2.33. The highest BCUT2D eigenvalue weighted by Crippen LogP contribution is 2.30. The Balaban J connectivity index is 1.81. The quantitative estimate of drug-likeness (QED) is 0.837. The smallest absolute Gasteiger partial charge is 0.260 e. The van der Waals surface area contributed by atoms with Gasteiger partial charge in [-0.2, -0.15) is 0 Å². The highest BCUT2D eigenvalue weighted by molar-refractivity contribution is 5.48. The molecule has 3 rings (SSSR count). The second kappa shape index (κ2) is 3.96. The van der Waals surface area contributed by atoms with E-state index in [-0.39, 0.29) is 6.10 Å². The molecular weight excluding hydrogens is 218 g/mol. The molecule has 17 heavy (non-hydrogen) atoms. The fourth-order valence-corrected chi connectivity index (χ4v) is 2.12. The van der Waals surface area contributed by atoms with E-state index >= 15 is 0 Å². The van der Waals surface area contributed by atoms with E-state index in [4.69, 9.17) is 10.5 Å². The van der Waals surface area contributed by atoms with E-state index in [2.05, 4.69) is 15.2 Å². The van der Waals surface area contributed by atoms with E-state index in [0.717, 1.165) is 25.2 Å². The molecule has 0 unspecified atom stereocenters. The maximum atomic E-state index is 5.82. The van der Waals surface area contributed by atoms with E-state index in [9.17, 15) is 0 Å². The average Bonchev–Trinajstić information content (AvgIpc) is 2.66. The van der Waals surface area contributed by atoms with Gasteiger partial charge in [0.15, 0.2) is 0 Å². The number of aromatic nitrogens is 4. The van der Waals surface area contributed by atoms with Gasteiger partial charge in [-0.25, -0.2) is 4.98 Å². The summed E-state index contributed by atoms with van der Waals surface area (Å²) in [5, 5.41) is 8.08. The maximum absolute atomic E-state index is 5.82. The highest BCUT2D eigenvalue weighted by atomic mass is 16.5. The first kappa shape index (κ1) is 10.5. The molecule has 0 radical (unpaired) electrons. The van der Waals surface area contributed by atoms with Crippen molar-refractivity contribution >= 4 is 5.65 Å². The van der Waals surface area contributed by atoms with Gasteiger partial charge < -0.3 is 10.5 Å². The highest BCUT2D eigenvalue weighted by Gasteiger charge is 2.30. The summed E-state index contributed by atoms with van der Waals surface area (Å²) in [4.78, 5) is 4.22. The van der Waals surface area contributed by atoms with Crippen LogP contribution in [0.2, 0.25) is 0 Å². The second-order valence-electron chi connectivity index (χ2n) is 4.49. The Morgan fingerprint density at radius 2 is 2.29 bits per heavy atom. The molecule has 6 nitrogen and oxygen atoms in total. The Hall–Kier alpha value is -1.69. The number of nitrogens with zero attached hydrogens (tertiary/aromatic N) is 4. The van der Waals surface area contributed by atoms with Crippen molar-refractivity contribution in [2.75, 3.05) is 6.54 Å². The van der Waals surface area contributed by atoms with Gasteiger partial charge in [0, 0.05) is 12.4 Å². The van der Waals surface area contributed by atoms with Crippen molar-refractivity contribution in [2.45, 2.75) is 25.9 Å². The first-order valence-electron chi connectivity index (χ1n) is 5.81. The molecule has 0 amide bonds. The van der Waals surface area contributed by atoms with Gasteiger partial charge in [0.05, 0.1) is 0 Å². The van der Waals surface area contributed by atoms with Crippen molar-refractivity contribution < 1.29 is 4.74 Å². The molecule has 2 aromatic rings. The number of hydrogen-bond acceptors (Lipinski definition) is 5. The maximum Gasteiger partial charge on any atom is 0.260 e. The summed E-state index contributed by atoms with van der Waals surface area (Å²) in [6, 6.07) is 0. The lowest BCUT2D eigenvalue weighted by molar-refractivity contribution is 0.0658. The number of hydrogen-bond donors (Lipinski definition) is 1. The third-order valence-corrected chi connectivity index (χ3v) is 3.27. The summed E-state index contributed by atoms with van der Waals surface area (Å²) in [5.74, 6) is 1.99. The van der Waals surface area contributed by atoms with Gasteiger partial charge in [-0.3, -0.25) is 4.40 Å². The van der Waals surface area contributed by atoms with Crippen molar-refractivity contribution in [1.82, 2.24) is 19.6 Å². The molecule has 2 aromatic heterocycles. The van der Waals surface area contributed by atoms with Crippen LogP contribution in [0.4, 0.5) is 0 Å². The lowest BCUT2D eigenvalue weighted by atomic mass is 9.82. The molecule has 1 aliphatic carbocycles. The molecule has 90 valence electrons. The summed E-state index contributed by atoms with van der Waals surface area (Å²) in [6.07, 6.45) is 5.77. The van der Waals surface area contributed by atoms with E-state index in [1.807, 2.05) is 17.5 Å². The molecule has 1 saturated carbocycles. The van der Waals surface area contributed by atoms with Crippen LogP contribution in [-0.4, -0.2) is 32.2 Å². The first-order valence-corrected chi connectivity index (χ1v) is 5.81. The fraction of sp³-hybridized carbons (Fsp3) is 0.545. The third-order valence-electron chi connectivity index (χ3n) is 3.27. The average molecular weight is 233 g/mol. The Morgan fingerprint density at radius 1 is 1.47 bits per heavy atom. The van der Waals surface area contributed by atoms with Crippen LogP contribution in [0.5, 0.6) is 5.88 Å². The standard InChI is InChI=1S/C11H15N5O/c1-7-14-15-10-11(13-2-3-16(7)10)17-9-4-8(5-9)6-12/h2-3,8-9H,4-6,12H2,1H3. The molecule has 2 N–H and O–H groups in total. The van der Waals surface area contributed by atoms with E-state index < -0.39 is 0 Å². The summed E-state index contributed by atoms with van der Waals surface area (Å²) in [6.45, 7) is 2.64. The van der Waals surface area contributed by atoms with Crippen molar-refractivity contribution in [3.8, 4) is 5.88 Å². The Labute approximate surface area is 98.8 Å². The Kier molecular flexibility index (Phi) is 2.44. The van der Waals surface area contributed by atoms with Crippen LogP contribution in [0.1, 0.15) is 18.7 Å². The van der Waals surface area contributed by atoms with Gasteiger partial charge in [-0.05, 0) is 32.2 Å². The van der Waals surface area contributed by atoms with Crippen molar-refractivity contribution in [2.24, 2.45) is 11.7 Å². The number of ether oxygens (including phenoxy) is 1. The zero-order chi connectivity index (χ0) is 11.8. The van der Waals surface area contributed by atoms with Gasteiger partial charge in [-0.15, -0.1) is 10.2 Å². The molecule has 1 aliphatic rings. The Bertz CT molecular complexity index is 532. The predicted molar refractivity (Wildman–Crippen MR) is 61.7 cm³/mol. The zero-order valence-electron chi connectivity index (χ0n) is 9.71. The topological polar surface area (TPSA) is 78.3 Å². The molecule has 1 fully saturated rings. The second-order valence-corrected chi connectivity index (χ2v) is 4.49. The lowest BCUT2D eigenvalue weighted by Crippen LogP contribution is -2.38. The summed E-state index contributed by atoms with van der Waals surface area (Å²) >= 11 is 0. The molecule has 0 atom stereocenters. The van der Waals surface area contributed by atoms with Gasteiger partial charge in [0.2, 0.25) is 5.65 Å². The number of aryl methyl sites for hydroxylation is 1. The largest absolute Gasteiger partial charge is 0.472 e. The molecule has 2 heterocycles. The molecule has 0 aromatic carbocycles. The first-order chi connectivity index (χ1) is 8.28. The summed E-state index contributed by atoms with van der Waals surface area (Å²) < 4.78 is 7.70. The third kappa shape index (κ3) is 1.74. The van der Waals surface area contributed by atoms with Crippen LogP contribution >= 0.6 is 0 Å². The minimum Gasteiger partial charge on any atom is -0.472 e. The molecule has 6 heteroatoms. The van der Waals surface area contributed by atoms with Crippen LogP contribution < -0.4 is 10.5 Å². The van der Waals surface area contributed by atoms with Gasteiger partial charge in [-0.1, -0.05) is 0 Å². The number of fused-ring (bicyclic) bond motifs is 1. The molecule has 0 spiro atoms. The predicted octanol–water partition coefficient (Wildman–Crippen LogP) is 0.549. The SMILES string of the molecule is Cc1nnc2c(OC3CC(CN)C3)nccn12. The van der Waals surface area contributed by atoms with Crippen LogP contribution in [-0.2, 0) is 0 Å². The Morgan fingerprint density at radius 3 is 3.06 bits per heavy atom. The minimum absolute atomic E-state index is 0.222. The van der Waals surface area contributed by atoms with E-state index in [1.165, 1.54) is 0 Å². The molecular formula is C11H15N5O. The van der Waals surface area contributed by atoms with Crippen molar-refractivity contribution in [3.63, 3.8) is 0 Å². The van der Waals surface area contributed by atoms with Gasteiger partial charge in [0.1, 0.15) is 11.9 Å². The van der Waals surface area contributed by atoms with Crippen molar-refractivity contribution in [1.29, 1.82) is 0 Å². The van der Waals surface area contributed by atoms with Gasteiger partial charge in [0.25, 0.3) is 5.88 Å². The van der Waals surface area contributed by atoms with E-state index in [0.29, 0.717) is 17.4 Å². The van der Waals surface area contributed by atoms with Crippen LogP contribution in [0.15, 0.2) is 12.4 Å². The summed E-state index contributed by atoms with van der Waals surface area (Å²) in [5.41, 5.74) is 6.27. The number of rotatable bonds is 3. The summed E-state index contributed by atoms with van der Waals surface area (Å²) in [7, 11) is 0. The zero-order valence-corrected chi connectivity index (χ0v) is 9.71.